The SMILES string of the molecule is CCCN1CCN(C(=O)c2ccnn2C)CC(Cc2ccc(-c3cccnc3)cc2)C1=O. The summed E-state index contributed by atoms with van der Waals surface area (Å²) in [6, 6.07) is 13.9. The molecule has 2 aromatic heterocycles. The average molecular weight is 432 g/mol. The van der Waals surface area contributed by atoms with Gasteiger partial charge >= 0.3 is 0 Å². The van der Waals surface area contributed by atoms with E-state index < -0.39 is 0 Å². The number of aromatic nitrogens is 3. The molecule has 32 heavy (non-hydrogen) atoms. The number of carbonyl (C=O) groups is 2. The molecule has 0 aliphatic carbocycles. The molecule has 1 fully saturated rings. The molecule has 1 aliphatic heterocycles. The molecule has 1 aromatic carbocycles. The molecule has 1 saturated heterocycles. The first kappa shape index (κ1) is 21.7. The molecule has 166 valence electrons. The Bertz CT molecular complexity index is 1060. The van der Waals surface area contributed by atoms with Crippen LogP contribution in [-0.2, 0) is 18.3 Å². The minimum Gasteiger partial charge on any atom is -0.341 e. The van der Waals surface area contributed by atoms with E-state index in [9.17, 15) is 9.59 Å². The molecular formula is C25H29N5O2. The highest BCUT2D eigenvalue weighted by Gasteiger charge is 2.33. The number of nitrogens with zero attached hydrogens (tertiary/aromatic N) is 5. The summed E-state index contributed by atoms with van der Waals surface area (Å²) in [5, 5.41) is 4.12. The number of aryl methyl sites for hydroxylation is 1. The summed E-state index contributed by atoms with van der Waals surface area (Å²) in [5.74, 6) is -0.220. The number of pyridine rings is 1. The summed E-state index contributed by atoms with van der Waals surface area (Å²) in [6.45, 7) is 4.29. The van der Waals surface area contributed by atoms with Crippen molar-refractivity contribution in [3.63, 3.8) is 0 Å². The zero-order valence-corrected chi connectivity index (χ0v) is 18.6. The average Bonchev–Trinajstić information content (AvgIpc) is 3.19. The van der Waals surface area contributed by atoms with Crippen LogP contribution in [0, 0.1) is 5.92 Å². The van der Waals surface area contributed by atoms with E-state index in [1.54, 1.807) is 35.1 Å². The fourth-order valence-corrected chi connectivity index (χ4v) is 4.27. The molecule has 3 aromatic rings. The van der Waals surface area contributed by atoms with Crippen molar-refractivity contribution in [2.75, 3.05) is 26.2 Å². The summed E-state index contributed by atoms with van der Waals surface area (Å²) in [7, 11) is 1.76. The molecule has 7 heteroatoms. The van der Waals surface area contributed by atoms with Crippen LogP contribution < -0.4 is 0 Å². The third kappa shape index (κ3) is 4.72. The lowest BCUT2D eigenvalue weighted by Crippen LogP contribution is -2.38. The molecule has 4 rings (SSSR count). The van der Waals surface area contributed by atoms with E-state index in [0.29, 0.717) is 38.3 Å². The summed E-state index contributed by atoms with van der Waals surface area (Å²) in [4.78, 5) is 34.3. The number of carbonyl (C=O) groups excluding carboxylic acids is 2. The molecule has 1 unspecified atom stereocenters. The Morgan fingerprint density at radius 2 is 1.88 bits per heavy atom. The van der Waals surface area contributed by atoms with Gasteiger partial charge in [-0.15, -0.1) is 0 Å². The first-order valence-corrected chi connectivity index (χ1v) is 11.1. The van der Waals surface area contributed by atoms with Crippen molar-refractivity contribution in [2.45, 2.75) is 19.8 Å². The van der Waals surface area contributed by atoms with Gasteiger partial charge < -0.3 is 9.80 Å². The van der Waals surface area contributed by atoms with Crippen molar-refractivity contribution >= 4 is 11.8 Å². The van der Waals surface area contributed by atoms with E-state index in [-0.39, 0.29) is 17.7 Å². The second-order valence-corrected chi connectivity index (χ2v) is 8.26. The summed E-state index contributed by atoms with van der Waals surface area (Å²) >= 11 is 0. The molecule has 2 amide bonds. The maximum atomic E-state index is 13.3. The summed E-state index contributed by atoms with van der Waals surface area (Å²) in [6.07, 6.45) is 6.72. The van der Waals surface area contributed by atoms with Gasteiger partial charge in [0.2, 0.25) is 5.91 Å². The molecule has 1 aliphatic rings. The first-order chi connectivity index (χ1) is 15.6. The van der Waals surface area contributed by atoms with Gasteiger partial charge in [-0.2, -0.15) is 5.10 Å². The maximum Gasteiger partial charge on any atom is 0.272 e. The van der Waals surface area contributed by atoms with Crippen LogP contribution in [0.5, 0.6) is 0 Å². The second-order valence-electron chi connectivity index (χ2n) is 8.26. The lowest BCUT2D eigenvalue weighted by Gasteiger charge is -2.24. The van der Waals surface area contributed by atoms with Gasteiger partial charge in [0.05, 0.1) is 5.92 Å². The Kier molecular flexibility index (Phi) is 6.63. The van der Waals surface area contributed by atoms with Crippen LogP contribution in [0.15, 0.2) is 61.1 Å². The lowest BCUT2D eigenvalue weighted by atomic mass is 9.95. The number of hydrogen-bond donors (Lipinski definition) is 0. The van der Waals surface area contributed by atoms with E-state index >= 15 is 0 Å². The van der Waals surface area contributed by atoms with E-state index in [1.165, 1.54) is 0 Å². The predicted octanol–water partition coefficient (Wildman–Crippen LogP) is 3.04. The Labute approximate surface area is 188 Å². The lowest BCUT2D eigenvalue weighted by molar-refractivity contribution is -0.134. The zero-order chi connectivity index (χ0) is 22.5. The number of hydrogen-bond acceptors (Lipinski definition) is 4. The monoisotopic (exact) mass is 431 g/mol. The third-order valence-electron chi connectivity index (χ3n) is 5.99. The second kappa shape index (κ2) is 9.77. The molecule has 1 atom stereocenters. The van der Waals surface area contributed by atoms with Crippen LogP contribution in [0.1, 0.15) is 29.4 Å². The van der Waals surface area contributed by atoms with Crippen molar-refractivity contribution in [3.05, 3.63) is 72.3 Å². The zero-order valence-electron chi connectivity index (χ0n) is 18.6. The van der Waals surface area contributed by atoms with E-state index in [1.807, 2.05) is 23.2 Å². The summed E-state index contributed by atoms with van der Waals surface area (Å²) in [5.41, 5.74) is 3.78. The van der Waals surface area contributed by atoms with Crippen LogP contribution >= 0.6 is 0 Å². The van der Waals surface area contributed by atoms with Gasteiger partial charge in [-0.05, 0) is 41.7 Å². The molecule has 0 bridgehead atoms. The molecule has 0 spiro atoms. The Morgan fingerprint density at radius 1 is 1.06 bits per heavy atom. The van der Waals surface area contributed by atoms with E-state index in [2.05, 4.69) is 41.3 Å². The number of benzene rings is 1. The molecule has 3 heterocycles. The molecule has 0 N–H and O–H groups in total. The van der Waals surface area contributed by atoms with Crippen molar-refractivity contribution in [3.8, 4) is 11.1 Å². The minimum absolute atomic E-state index is 0.0759. The van der Waals surface area contributed by atoms with E-state index in [4.69, 9.17) is 0 Å². The Hall–Kier alpha value is -3.48. The van der Waals surface area contributed by atoms with Gasteiger partial charge in [0.25, 0.3) is 5.91 Å². The smallest absolute Gasteiger partial charge is 0.272 e. The van der Waals surface area contributed by atoms with Gasteiger partial charge in [0.15, 0.2) is 0 Å². The highest BCUT2D eigenvalue weighted by molar-refractivity contribution is 5.93. The maximum absolute atomic E-state index is 13.3. The Morgan fingerprint density at radius 3 is 2.53 bits per heavy atom. The fraction of sp³-hybridized carbons (Fsp3) is 0.360. The van der Waals surface area contributed by atoms with Crippen LogP contribution in [-0.4, -0.2) is 62.6 Å². The van der Waals surface area contributed by atoms with Gasteiger partial charge in [0.1, 0.15) is 5.69 Å². The minimum atomic E-state index is -0.273. The van der Waals surface area contributed by atoms with Crippen LogP contribution in [0.4, 0.5) is 0 Å². The standard InChI is InChI=1S/C25H29N5O2/c1-3-13-29-14-15-30(25(32)23-10-12-27-28(23)2)18-22(24(29)31)16-19-6-8-20(9-7-19)21-5-4-11-26-17-21/h4-12,17,22H,3,13-16,18H2,1-2H3. The van der Waals surface area contributed by atoms with Crippen LogP contribution in [0.2, 0.25) is 0 Å². The van der Waals surface area contributed by atoms with Crippen LogP contribution in [0.3, 0.4) is 0 Å². The first-order valence-electron chi connectivity index (χ1n) is 11.1. The van der Waals surface area contributed by atoms with Crippen molar-refractivity contribution in [2.24, 2.45) is 13.0 Å². The Balaban J connectivity index is 1.54. The molecule has 7 nitrogen and oxygen atoms in total. The van der Waals surface area contributed by atoms with Crippen molar-refractivity contribution < 1.29 is 9.59 Å². The largest absolute Gasteiger partial charge is 0.341 e. The van der Waals surface area contributed by atoms with Crippen molar-refractivity contribution in [1.29, 1.82) is 0 Å². The van der Waals surface area contributed by atoms with Crippen LogP contribution in [0.25, 0.3) is 11.1 Å². The normalized spacial score (nSPS) is 16.8. The van der Waals surface area contributed by atoms with Crippen molar-refractivity contribution in [1.82, 2.24) is 24.6 Å². The molecular weight excluding hydrogens is 402 g/mol. The predicted molar refractivity (Wildman–Crippen MR) is 123 cm³/mol. The third-order valence-corrected chi connectivity index (χ3v) is 5.99. The number of rotatable bonds is 6. The fourth-order valence-electron chi connectivity index (χ4n) is 4.27. The molecule has 0 radical (unpaired) electrons. The highest BCUT2D eigenvalue weighted by atomic mass is 16.2. The van der Waals surface area contributed by atoms with Gasteiger partial charge in [-0.25, -0.2) is 0 Å². The molecule has 0 saturated carbocycles. The van der Waals surface area contributed by atoms with E-state index in [0.717, 1.165) is 23.1 Å². The highest BCUT2D eigenvalue weighted by Crippen LogP contribution is 2.22. The summed E-state index contributed by atoms with van der Waals surface area (Å²) < 4.78 is 1.59. The number of amides is 2. The quantitative estimate of drug-likeness (QED) is 0.602. The van der Waals surface area contributed by atoms with Gasteiger partial charge in [-0.1, -0.05) is 37.3 Å². The van der Waals surface area contributed by atoms with Gasteiger partial charge in [0, 0.05) is 51.8 Å². The van der Waals surface area contributed by atoms with Gasteiger partial charge in [-0.3, -0.25) is 19.3 Å². The topological polar surface area (TPSA) is 71.3 Å².